The third-order valence-corrected chi connectivity index (χ3v) is 3.08. The van der Waals surface area contributed by atoms with Gasteiger partial charge in [0.1, 0.15) is 5.82 Å². The normalized spacial score (nSPS) is 18.7. The maximum atomic E-state index is 13.1. The summed E-state index contributed by atoms with van der Waals surface area (Å²) in [5, 5.41) is 11.6. The first-order valence-corrected chi connectivity index (χ1v) is 6.13. The topological polar surface area (TPSA) is 78.9 Å². The molecule has 2 rings (SSSR count). The number of amides is 2. The van der Waals surface area contributed by atoms with E-state index in [2.05, 4.69) is 5.32 Å². The number of carbonyl (C=O) groups is 2. The molecule has 1 aromatic rings. The molecule has 1 fully saturated rings. The third kappa shape index (κ3) is 3.05. The number of anilines is 1. The van der Waals surface area contributed by atoms with E-state index in [1.54, 1.807) is 6.92 Å². The van der Waals surface area contributed by atoms with Crippen molar-refractivity contribution in [2.24, 2.45) is 0 Å². The highest BCUT2D eigenvalue weighted by molar-refractivity contribution is 5.92. The second-order valence-corrected chi connectivity index (χ2v) is 4.52. The average Bonchev–Trinajstić information content (AvgIpc) is 2.43. The molecule has 6 nitrogen and oxygen atoms in total. The van der Waals surface area contributed by atoms with Gasteiger partial charge in [0.15, 0.2) is 6.04 Å². The predicted octanol–water partition coefficient (Wildman–Crippen LogP) is 1.45. The summed E-state index contributed by atoms with van der Waals surface area (Å²) in [6.07, 6.45) is 0. The number of carboxylic acids is 1. The Morgan fingerprint density at radius 1 is 1.50 bits per heavy atom. The zero-order valence-electron chi connectivity index (χ0n) is 10.9. The maximum Gasteiger partial charge on any atom is 0.328 e. The Hall–Kier alpha value is -2.15. The van der Waals surface area contributed by atoms with E-state index in [-0.39, 0.29) is 19.0 Å². The largest absolute Gasteiger partial charge is 0.480 e. The maximum absolute atomic E-state index is 13.1. The molecule has 1 aromatic carbocycles. The van der Waals surface area contributed by atoms with Crippen molar-refractivity contribution >= 4 is 17.7 Å². The van der Waals surface area contributed by atoms with Gasteiger partial charge >= 0.3 is 12.0 Å². The fraction of sp³-hybridized carbons (Fsp3) is 0.385. The Bertz CT molecular complexity index is 535. The van der Waals surface area contributed by atoms with Crippen molar-refractivity contribution in [1.29, 1.82) is 0 Å². The Morgan fingerprint density at radius 2 is 2.25 bits per heavy atom. The summed E-state index contributed by atoms with van der Waals surface area (Å²) in [5.41, 5.74) is 0.823. The fourth-order valence-electron chi connectivity index (χ4n) is 1.97. The lowest BCUT2D eigenvalue weighted by Crippen LogP contribution is -2.53. The average molecular weight is 282 g/mol. The van der Waals surface area contributed by atoms with Crippen LogP contribution in [0.4, 0.5) is 14.9 Å². The van der Waals surface area contributed by atoms with E-state index >= 15 is 0 Å². The van der Waals surface area contributed by atoms with E-state index in [4.69, 9.17) is 9.84 Å². The van der Waals surface area contributed by atoms with Gasteiger partial charge in [0.2, 0.25) is 0 Å². The van der Waals surface area contributed by atoms with Crippen molar-refractivity contribution in [3.05, 3.63) is 29.6 Å². The summed E-state index contributed by atoms with van der Waals surface area (Å²) >= 11 is 0. The van der Waals surface area contributed by atoms with Gasteiger partial charge in [-0.05, 0) is 30.7 Å². The molecule has 1 atom stereocenters. The van der Waals surface area contributed by atoms with Crippen LogP contribution in [0.2, 0.25) is 0 Å². The Kier molecular flexibility index (Phi) is 4.19. The molecule has 1 aliphatic heterocycles. The highest BCUT2D eigenvalue weighted by Gasteiger charge is 2.32. The lowest BCUT2D eigenvalue weighted by atomic mass is 10.2. The molecular weight excluding hydrogens is 267 g/mol. The number of nitrogens with one attached hydrogen (secondary N) is 1. The molecule has 20 heavy (non-hydrogen) atoms. The minimum absolute atomic E-state index is 0.0365. The van der Waals surface area contributed by atoms with Crippen LogP contribution in [0, 0.1) is 12.7 Å². The zero-order valence-corrected chi connectivity index (χ0v) is 10.9. The van der Waals surface area contributed by atoms with Crippen LogP contribution in [-0.4, -0.2) is 47.8 Å². The molecule has 1 aliphatic rings. The van der Waals surface area contributed by atoms with Gasteiger partial charge in [0, 0.05) is 12.2 Å². The second-order valence-electron chi connectivity index (χ2n) is 4.52. The van der Waals surface area contributed by atoms with E-state index < -0.39 is 18.0 Å². The van der Waals surface area contributed by atoms with E-state index in [1.165, 1.54) is 23.1 Å². The highest BCUT2D eigenvalue weighted by Crippen LogP contribution is 2.16. The Labute approximate surface area is 115 Å². The number of hydrogen-bond acceptors (Lipinski definition) is 3. The molecule has 108 valence electrons. The summed E-state index contributed by atoms with van der Waals surface area (Å²) < 4.78 is 18.2. The molecule has 1 heterocycles. The number of aryl methyl sites for hydroxylation is 1. The molecule has 2 amide bonds. The van der Waals surface area contributed by atoms with E-state index in [9.17, 15) is 14.0 Å². The van der Waals surface area contributed by atoms with Gasteiger partial charge in [-0.25, -0.2) is 14.0 Å². The number of urea groups is 1. The number of hydrogen-bond donors (Lipinski definition) is 2. The molecule has 0 radical (unpaired) electrons. The minimum atomic E-state index is -1.12. The number of benzene rings is 1. The van der Waals surface area contributed by atoms with Gasteiger partial charge < -0.3 is 20.1 Å². The monoisotopic (exact) mass is 282 g/mol. The number of nitrogens with zero attached hydrogens (tertiary/aromatic N) is 1. The second kappa shape index (κ2) is 5.87. The lowest BCUT2D eigenvalue weighted by molar-refractivity contribution is -0.147. The molecule has 0 bridgehead atoms. The van der Waals surface area contributed by atoms with Gasteiger partial charge in [-0.15, -0.1) is 0 Å². The number of carboxylic acid groups (broad SMARTS) is 1. The van der Waals surface area contributed by atoms with Crippen LogP contribution in [0.5, 0.6) is 0 Å². The fourth-order valence-corrected chi connectivity index (χ4v) is 1.97. The molecule has 1 unspecified atom stereocenters. The molecule has 0 aliphatic carbocycles. The number of morpholine rings is 1. The van der Waals surface area contributed by atoms with Gasteiger partial charge in [-0.3, -0.25) is 0 Å². The summed E-state index contributed by atoms with van der Waals surface area (Å²) in [5.74, 6) is -1.48. The smallest absolute Gasteiger partial charge is 0.328 e. The number of ether oxygens (including phenoxy) is 1. The van der Waals surface area contributed by atoms with Crippen molar-refractivity contribution in [1.82, 2.24) is 4.90 Å². The molecule has 7 heteroatoms. The molecular formula is C13H15FN2O4. The van der Waals surface area contributed by atoms with Crippen molar-refractivity contribution in [2.75, 3.05) is 25.1 Å². The summed E-state index contributed by atoms with van der Waals surface area (Å²) in [7, 11) is 0. The van der Waals surface area contributed by atoms with Crippen LogP contribution in [0.25, 0.3) is 0 Å². The highest BCUT2D eigenvalue weighted by atomic mass is 19.1. The van der Waals surface area contributed by atoms with Crippen molar-refractivity contribution in [3.8, 4) is 0 Å². The van der Waals surface area contributed by atoms with Gasteiger partial charge in [-0.2, -0.15) is 0 Å². The molecule has 1 saturated heterocycles. The van der Waals surface area contributed by atoms with Crippen molar-refractivity contribution < 1.29 is 23.8 Å². The van der Waals surface area contributed by atoms with Crippen LogP contribution in [0.1, 0.15) is 5.56 Å². The minimum Gasteiger partial charge on any atom is -0.480 e. The zero-order chi connectivity index (χ0) is 14.7. The first-order valence-electron chi connectivity index (χ1n) is 6.13. The quantitative estimate of drug-likeness (QED) is 0.860. The van der Waals surface area contributed by atoms with E-state index in [0.29, 0.717) is 17.9 Å². The molecule has 0 spiro atoms. The van der Waals surface area contributed by atoms with Crippen LogP contribution < -0.4 is 5.32 Å². The lowest BCUT2D eigenvalue weighted by Gasteiger charge is -2.32. The van der Waals surface area contributed by atoms with E-state index in [1.807, 2.05) is 0 Å². The van der Waals surface area contributed by atoms with Crippen molar-refractivity contribution in [2.45, 2.75) is 13.0 Å². The first kappa shape index (κ1) is 14.3. The Balaban J connectivity index is 2.09. The first-order chi connectivity index (χ1) is 9.49. The number of halogens is 1. The van der Waals surface area contributed by atoms with Gasteiger partial charge in [-0.1, -0.05) is 0 Å². The van der Waals surface area contributed by atoms with Gasteiger partial charge in [0.25, 0.3) is 0 Å². The van der Waals surface area contributed by atoms with Crippen LogP contribution >= 0.6 is 0 Å². The van der Waals surface area contributed by atoms with Crippen LogP contribution in [-0.2, 0) is 9.53 Å². The third-order valence-electron chi connectivity index (χ3n) is 3.08. The standard InChI is InChI=1S/C13H15FN2O4/c1-8-6-9(2-3-10(8)14)15-13(19)16-4-5-20-7-11(16)12(17)18/h2-3,6,11H,4-5,7H2,1H3,(H,15,19)(H,17,18). The predicted molar refractivity (Wildman–Crippen MR) is 69.1 cm³/mol. The SMILES string of the molecule is Cc1cc(NC(=O)N2CCOCC2C(=O)O)ccc1F. The summed E-state index contributed by atoms with van der Waals surface area (Å²) in [4.78, 5) is 24.3. The number of carbonyl (C=O) groups excluding carboxylic acids is 1. The van der Waals surface area contributed by atoms with Crippen molar-refractivity contribution in [3.63, 3.8) is 0 Å². The molecule has 0 aromatic heterocycles. The summed E-state index contributed by atoms with van der Waals surface area (Å²) in [6, 6.07) is 2.62. The Morgan fingerprint density at radius 3 is 2.90 bits per heavy atom. The molecule has 2 N–H and O–H groups in total. The van der Waals surface area contributed by atoms with E-state index in [0.717, 1.165) is 0 Å². The number of rotatable bonds is 2. The van der Waals surface area contributed by atoms with Gasteiger partial charge in [0.05, 0.1) is 13.2 Å². The molecule has 0 saturated carbocycles. The summed E-state index contributed by atoms with van der Waals surface area (Å²) in [6.45, 7) is 2.04. The van der Waals surface area contributed by atoms with Crippen LogP contribution in [0.15, 0.2) is 18.2 Å². The number of aliphatic carboxylic acids is 1. The van der Waals surface area contributed by atoms with Crippen LogP contribution in [0.3, 0.4) is 0 Å².